The van der Waals surface area contributed by atoms with Gasteiger partial charge >= 0.3 is 11.9 Å². The van der Waals surface area contributed by atoms with Gasteiger partial charge in [0.25, 0.3) is 0 Å². The number of hydrogen-bond acceptors (Lipinski definition) is 5. The molecule has 6 heteroatoms. The molecule has 0 bridgehead atoms. The highest BCUT2D eigenvalue weighted by atomic mass is 32.2. The van der Waals surface area contributed by atoms with Crippen LogP contribution in [0.1, 0.15) is 25.0 Å². The zero-order valence-electron chi connectivity index (χ0n) is 11.2. The molecule has 2 N–H and O–H groups in total. The molecule has 1 aromatic carbocycles. The molecule has 0 saturated heterocycles. The smallest absolute Gasteiger partial charge is 0.345 e. The van der Waals surface area contributed by atoms with Gasteiger partial charge in [-0.25, -0.2) is 9.59 Å². The first-order valence-electron chi connectivity index (χ1n) is 6.30. The lowest BCUT2D eigenvalue weighted by Gasteiger charge is -2.16. The predicted octanol–water partition coefficient (Wildman–Crippen LogP) is 1.86. The summed E-state index contributed by atoms with van der Waals surface area (Å²) in [6, 6.07) is 8.26. The molecule has 0 saturated carbocycles. The molecule has 0 aliphatic carbocycles. The van der Waals surface area contributed by atoms with Crippen molar-refractivity contribution >= 4 is 23.7 Å². The fourth-order valence-electron chi connectivity index (χ4n) is 1.47. The second-order valence-electron chi connectivity index (χ2n) is 4.15. The van der Waals surface area contributed by atoms with Gasteiger partial charge in [0.15, 0.2) is 6.10 Å². The molecular formula is C14H18O5S. The van der Waals surface area contributed by atoms with Gasteiger partial charge in [-0.3, -0.25) is 0 Å². The van der Waals surface area contributed by atoms with Gasteiger partial charge in [0.1, 0.15) is 0 Å². The van der Waals surface area contributed by atoms with Crippen molar-refractivity contribution in [2.75, 3.05) is 11.5 Å². The third-order valence-corrected chi connectivity index (χ3v) is 3.73. The lowest BCUT2D eigenvalue weighted by molar-refractivity contribution is -0.168. The molecule has 0 fully saturated rings. The number of ether oxygens (including phenoxy) is 1. The average molecular weight is 298 g/mol. The van der Waals surface area contributed by atoms with Gasteiger partial charge in [-0.05, 0) is 17.7 Å². The van der Waals surface area contributed by atoms with E-state index in [0.717, 1.165) is 12.2 Å². The molecule has 110 valence electrons. The molecule has 0 heterocycles. The van der Waals surface area contributed by atoms with E-state index < -0.39 is 24.1 Å². The summed E-state index contributed by atoms with van der Waals surface area (Å²) in [5.74, 6) is -1.18. The molecule has 0 spiro atoms. The van der Waals surface area contributed by atoms with Crippen molar-refractivity contribution in [3.8, 4) is 0 Å². The summed E-state index contributed by atoms with van der Waals surface area (Å²) in [4.78, 5) is 22.8. The molecule has 0 aliphatic heterocycles. The Balaban J connectivity index is 2.59. The fraction of sp³-hybridized carbons (Fsp3) is 0.429. The first kappa shape index (κ1) is 16.5. The van der Waals surface area contributed by atoms with Crippen LogP contribution in [0.25, 0.3) is 0 Å². The van der Waals surface area contributed by atoms with Crippen LogP contribution in [0.3, 0.4) is 0 Å². The third kappa shape index (κ3) is 5.22. The highest BCUT2D eigenvalue weighted by Crippen LogP contribution is 2.16. The van der Waals surface area contributed by atoms with Crippen LogP contribution in [0.4, 0.5) is 0 Å². The minimum atomic E-state index is -1.46. The molecule has 0 aromatic heterocycles. The Bertz CT molecular complexity index is 434. The molecule has 2 unspecified atom stereocenters. The number of benzene rings is 1. The lowest BCUT2D eigenvalue weighted by atomic mass is 10.1. The molecule has 2 atom stereocenters. The van der Waals surface area contributed by atoms with Gasteiger partial charge in [0, 0.05) is 5.75 Å². The van der Waals surface area contributed by atoms with Crippen LogP contribution in [-0.4, -0.2) is 39.8 Å². The van der Waals surface area contributed by atoms with Crippen LogP contribution in [0, 0.1) is 0 Å². The second-order valence-corrected chi connectivity index (χ2v) is 5.30. The van der Waals surface area contributed by atoms with Crippen molar-refractivity contribution in [1.82, 2.24) is 0 Å². The number of carboxylic acid groups (broad SMARTS) is 1. The summed E-state index contributed by atoms with van der Waals surface area (Å²) in [6.45, 7) is 1.98. The van der Waals surface area contributed by atoms with Gasteiger partial charge in [0.05, 0.1) is 0 Å². The Morgan fingerprint density at radius 3 is 2.50 bits per heavy atom. The van der Waals surface area contributed by atoms with Gasteiger partial charge in [-0.1, -0.05) is 37.3 Å². The van der Waals surface area contributed by atoms with E-state index in [9.17, 15) is 14.7 Å². The van der Waals surface area contributed by atoms with Crippen molar-refractivity contribution in [3.05, 3.63) is 35.9 Å². The van der Waals surface area contributed by atoms with Gasteiger partial charge in [-0.2, -0.15) is 11.8 Å². The number of carboxylic acids is 1. The molecule has 1 rings (SSSR count). The highest BCUT2D eigenvalue weighted by Gasteiger charge is 2.27. The van der Waals surface area contributed by atoms with E-state index in [1.165, 1.54) is 11.8 Å². The van der Waals surface area contributed by atoms with Crippen molar-refractivity contribution in [1.29, 1.82) is 0 Å². The summed E-state index contributed by atoms with van der Waals surface area (Å²) in [7, 11) is 0. The topological polar surface area (TPSA) is 83.8 Å². The van der Waals surface area contributed by atoms with E-state index in [-0.39, 0.29) is 5.75 Å². The van der Waals surface area contributed by atoms with E-state index in [4.69, 9.17) is 9.84 Å². The van der Waals surface area contributed by atoms with Crippen LogP contribution >= 0.6 is 11.8 Å². The molecule has 0 radical (unpaired) electrons. The SMILES string of the molecule is CCCSCC(OC(=O)C(O)c1ccccc1)C(=O)O. The summed E-state index contributed by atoms with van der Waals surface area (Å²) < 4.78 is 4.87. The maximum absolute atomic E-state index is 11.7. The maximum atomic E-state index is 11.7. The van der Waals surface area contributed by atoms with Gasteiger partial charge in [0.2, 0.25) is 6.10 Å². The van der Waals surface area contributed by atoms with Crippen molar-refractivity contribution in [2.45, 2.75) is 25.6 Å². The van der Waals surface area contributed by atoms with E-state index in [0.29, 0.717) is 5.56 Å². The molecule has 20 heavy (non-hydrogen) atoms. The number of thioether (sulfide) groups is 1. The Labute approximate surface area is 121 Å². The quantitative estimate of drug-likeness (QED) is 0.563. The summed E-state index contributed by atoms with van der Waals surface area (Å²) in [5, 5.41) is 18.8. The van der Waals surface area contributed by atoms with Crippen LogP contribution in [0.15, 0.2) is 30.3 Å². The summed E-state index contributed by atoms with van der Waals surface area (Å²) in [5.41, 5.74) is 0.378. The number of hydrogen-bond donors (Lipinski definition) is 2. The fourth-order valence-corrected chi connectivity index (χ4v) is 2.35. The number of rotatable bonds is 8. The molecule has 0 amide bonds. The maximum Gasteiger partial charge on any atom is 0.345 e. The number of aliphatic hydroxyl groups is 1. The minimum Gasteiger partial charge on any atom is -0.478 e. The summed E-state index contributed by atoms with van der Waals surface area (Å²) in [6.07, 6.45) is -1.79. The Kier molecular flexibility index (Phi) is 7.11. The molecule has 0 aliphatic rings. The van der Waals surface area contributed by atoms with E-state index in [2.05, 4.69) is 0 Å². The van der Waals surface area contributed by atoms with Gasteiger partial charge < -0.3 is 14.9 Å². The molecule has 1 aromatic rings. The van der Waals surface area contributed by atoms with Crippen LogP contribution in [-0.2, 0) is 14.3 Å². The Hall–Kier alpha value is -1.53. The van der Waals surface area contributed by atoms with E-state index in [1.807, 2.05) is 6.92 Å². The predicted molar refractivity (Wildman–Crippen MR) is 76.5 cm³/mol. The number of carbonyl (C=O) groups excluding carboxylic acids is 1. The van der Waals surface area contributed by atoms with Crippen molar-refractivity contribution < 1.29 is 24.5 Å². The van der Waals surface area contributed by atoms with Crippen LogP contribution in [0.2, 0.25) is 0 Å². The average Bonchev–Trinajstić information content (AvgIpc) is 2.46. The second kappa shape index (κ2) is 8.60. The van der Waals surface area contributed by atoms with Gasteiger partial charge in [-0.15, -0.1) is 0 Å². The normalized spacial score (nSPS) is 13.5. The van der Waals surface area contributed by atoms with E-state index >= 15 is 0 Å². The third-order valence-electron chi connectivity index (χ3n) is 2.49. The van der Waals surface area contributed by atoms with Crippen LogP contribution < -0.4 is 0 Å². The minimum absolute atomic E-state index is 0.177. The lowest BCUT2D eigenvalue weighted by Crippen LogP contribution is -2.31. The van der Waals surface area contributed by atoms with Crippen molar-refractivity contribution in [2.24, 2.45) is 0 Å². The zero-order chi connectivity index (χ0) is 15.0. The molecular weight excluding hydrogens is 280 g/mol. The number of aliphatic hydroxyl groups excluding tert-OH is 1. The van der Waals surface area contributed by atoms with E-state index in [1.54, 1.807) is 30.3 Å². The number of esters is 1. The largest absolute Gasteiger partial charge is 0.478 e. The standard InChI is InChI=1S/C14H18O5S/c1-2-8-20-9-11(13(16)17)19-14(18)12(15)10-6-4-3-5-7-10/h3-7,11-12,15H,2,8-9H2,1H3,(H,16,17). The zero-order valence-corrected chi connectivity index (χ0v) is 12.0. The highest BCUT2D eigenvalue weighted by molar-refractivity contribution is 7.99. The first-order valence-corrected chi connectivity index (χ1v) is 7.45. The Morgan fingerprint density at radius 2 is 1.95 bits per heavy atom. The summed E-state index contributed by atoms with van der Waals surface area (Å²) >= 11 is 1.40. The number of aliphatic carboxylic acids is 1. The van der Waals surface area contributed by atoms with Crippen LogP contribution in [0.5, 0.6) is 0 Å². The van der Waals surface area contributed by atoms with Crippen molar-refractivity contribution in [3.63, 3.8) is 0 Å². The Morgan fingerprint density at radius 1 is 1.30 bits per heavy atom. The first-order chi connectivity index (χ1) is 9.56. The monoisotopic (exact) mass is 298 g/mol. The number of carbonyl (C=O) groups is 2. The molecule has 5 nitrogen and oxygen atoms in total.